The molecular weight excluding hydrogens is 330 g/mol. The summed E-state index contributed by atoms with van der Waals surface area (Å²) >= 11 is 1.87. The monoisotopic (exact) mass is 351 g/mol. The van der Waals surface area contributed by atoms with Gasteiger partial charge in [-0.05, 0) is 49.0 Å². The van der Waals surface area contributed by atoms with Gasteiger partial charge in [0.2, 0.25) is 5.90 Å². The van der Waals surface area contributed by atoms with Crippen molar-refractivity contribution in [3.63, 3.8) is 0 Å². The summed E-state index contributed by atoms with van der Waals surface area (Å²) in [5, 5.41) is -0.422. The van der Waals surface area contributed by atoms with Crippen molar-refractivity contribution in [2.24, 2.45) is 4.40 Å². The molecule has 1 aliphatic carbocycles. The van der Waals surface area contributed by atoms with E-state index in [1.165, 1.54) is 10.5 Å². The predicted molar refractivity (Wildman–Crippen MR) is 92.6 cm³/mol. The minimum atomic E-state index is -3.40. The maximum atomic E-state index is 12.4. The van der Waals surface area contributed by atoms with Crippen molar-refractivity contribution >= 4 is 27.7 Å². The summed E-state index contributed by atoms with van der Waals surface area (Å²) in [4.78, 5) is 1.30. The van der Waals surface area contributed by atoms with Crippen LogP contribution in [0.15, 0.2) is 33.6 Å². The van der Waals surface area contributed by atoms with E-state index < -0.39 is 15.3 Å². The molecule has 2 heterocycles. The standard InChI is InChI=1S/C17H21NO3S2/c19-23(20)16-8-4-2-6-14(16)21-17(18-23)11-12-9-10-22-15-7-3-1-5-13(12)15/h1,3,5,7,12,14,16H,2,4,6,8-11H2. The Labute approximate surface area is 141 Å². The fraction of sp³-hybridized carbons (Fsp3) is 0.588. The van der Waals surface area contributed by atoms with E-state index >= 15 is 0 Å². The summed E-state index contributed by atoms with van der Waals surface area (Å²) in [5.74, 6) is 1.80. The van der Waals surface area contributed by atoms with Gasteiger partial charge in [0.1, 0.15) is 11.4 Å². The molecule has 0 saturated heterocycles. The molecule has 1 aromatic rings. The van der Waals surface area contributed by atoms with E-state index in [-0.39, 0.29) is 6.10 Å². The molecule has 0 N–H and O–H groups in total. The Morgan fingerprint density at radius 3 is 2.91 bits per heavy atom. The average Bonchev–Trinajstić information content (AvgIpc) is 2.55. The second kappa shape index (κ2) is 6.13. The van der Waals surface area contributed by atoms with Crippen LogP contribution in [0.5, 0.6) is 0 Å². The van der Waals surface area contributed by atoms with Crippen molar-refractivity contribution in [1.29, 1.82) is 0 Å². The van der Waals surface area contributed by atoms with Gasteiger partial charge in [-0.1, -0.05) is 24.6 Å². The normalized spacial score (nSPS) is 32.2. The van der Waals surface area contributed by atoms with Gasteiger partial charge in [0.05, 0.1) is 0 Å². The highest BCUT2D eigenvalue weighted by Crippen LogP contribution is 2.40. The lowest BCUT2D eigenvalue weighted by molar-refractivity contribution is 0.135. The molecule has 2 aliphatic heterocycles. The molecule has 124 valence electrons. The number of hydrogen-bond donors (Lipinski definition) is 0. The molecule has 3 unspecified atom stereocenters. The maximum absolute atomic E-state index is 12.4. The molecule has 4 nitrogen and oxygen atoms in total. The number of ether oxygens (including phenoxy) is 1. The van der Waals surface area contributed by atoms with Gasteiger partial charge in [-0.3, -0.25) is 0 Å². The van der Waals surface area contributed by atoms with Crippen LogP contribution in [-0.4, -0.2) is 31.4 Å². The van der Waals surface area contributed by atoms with Crippen molar-refractivity contribution in [2.75, 3.05) is 5.75 Å². The number of rotatable bonds is 2. The van der Waals surface area contributed by atoms with Crippen molar-refractivity contribution in [1.82, 2.24) is 0 Å². The lowest BCUT2D eigenvalue weighted by Crippen LogP contribution is -2.43. The number of nitrogens with zero attached hydrogens (tertiary/aromatic N) is 1. The molecule has 6 heteroatoms. The van der Waals surface area contributed by atoms with Crippen LogP contribution in [-0.2, 0) is 14.8 Å². The number of fused-ring (bicyclic) bond motifs is 2. The van der Waals surface area contributed by atoms with Gasteiger partial charge in [0, 0.05) is 11.3 Å². The largest absolute Gasteiger partial charge is 0.475 e. The zero-order valence-electron chi connectivity index (χ0n) is 13.0. The highest BCUT2D eigenvalue weighted by molar-refractivity contribution is 7.99. The first kappa shape index (κ1) is 15.5. The summed E-state index contributed by atoms with van der Waals surface area (Å²) in [7, 11) is -3.40. The van der Waals surface area contributed by atoms with Crippen LogP contribution in [0.25, 0.3) is 0 Å². The maximum Gasteiger partial charge on any atom is 0.262 e. The van der Waals surface area contributed by atoms with Crippen molar-refractivity contribution in [3.8, 4) is 0 Å². The molecule has 0 spiro atoms. The van der Waals surface area contributed by atoms with E-state index in [4.69, 9.17) is 4.74 Å². The molecule has 0 radical (unpaired) electrons. The average molecular weight is 351 g/mol. The molecule has 23 heavy (non-hydrogen) atoms. The highest BCUT2D eigenvalue weighted by Gasteiger charge is 2.41. The lowest BCUT2D eigenvalue weighted by atomic mass is 9.92. The van der Waals surface area contributed by atoms with Gasteiger partial charge in [0.15, 0.2) is 0 Å². The second-order valence-corrected chi connectivity index (χ2v) is 9.51. The Hall–Kier alpha value is -1.01. The number of thioether (sulfide) groups is 1. The Kier molecular flexibility index (Phi) is 4.13. The Morgan fingerprint density at radius 2 is 2.00 bits per heavy atom. The molecular formula is C17H21NO3S2. The summed E-state index contributed by atoms with van der Waals surface area (Å²) in [6.45, 7) is 0. The summed E-state index contributed by atoms with van der Waals surface area (Å²) in [6.07, 6.45) is 4.98. The molecule has 3 aliphatic rings. The third kappa shape index (κ3) is 3.03. The molecule has 1 aromatic carbocycles. The van der Waals surface area contributed by atoms with Gasteiger partial charge >= 0.3 is 0 Å². The van der Waals surface area contributed by atoms with Crippen LogP contribution in [0, 0.1) is 0 Å². The minimum absolute atomic E-state index is 0.186. The van der Waals surface area contributed by atoms with E-state index in [0.717, 1.165) is 31.4 Å². The third-order valence-corrected chi connectivity index (χ3v) is 7.93. The SMILES string of the molecule is O=S1(=O)N=C(CC2CCSc3ccccc32)OC2CCCCC21. The molecule has 0 amide bonds. The van der Waals surface area contributed by atoms with Gasteiger partial charge in [-0.25, -0.2) is 8.42 Å². The zero-order chi connectivity index (χ0) is 15.9. The number of hydrogen-bond acceptors (Lipinski definition) is 4. The van der Waals surface area contributed by atoms with Crippen LogP contribution in [0.2, 0.25) is 0 Å². The van der Waals surface area contributed by atoms with Crippen LogP contribution < -0.4 is 0 Å². The smallest absolute Gasteiger partial charge is 0.262 e. The highest BCUT2D eigenvalue weighted by atomic mass is 32.2. The number of benzene rings is 1. The minimum Gasteiger partial charge on any atom is -0.475 e. The Balaban J connectivity index is 1.59. The Bertz CT molecular complexity index is 729. The van der Waals surface area contributed by atoms with Crippen molar-refractivity contribution in [2.45, 2.75) is 60.7 Å². The fourth-order valence-electron chi connectivity index (χ4n) is 3.87. The first-order valence-electron chi connectivity index (χ1n) is 8.34. The summed E-state index contributed by atoms with van der Waals surface area (Å²) < 4.78 is 34.9. The summed E-state index contributed by atoms with van der Waals surface area (Å²) in [6, 6.07) is 8.39. The van der Waals surface area contributed by atoms with Gasteiger partial charge < -0.3 is 4.74 Å². The molecule has 4 rings (SSSR count). The molecule has 3 atom stereocenters. The van der Waals surface area contributed by atoms with Crippen LogP contribution >= 0.6 is 11.8 Å². The topological polar surface area (TPSA) is 55.7 Å². The molecule has 0 bridgehead atoms. The van der Waals surface area contributed by atoms with Gasteiger partial charge in [-0.15, -0.1) is 16.2 Å². The van der Waals surface area contributed by atoms with Crippen molar-refractivity contribution in [3.05, 3.63) is 29.8 Å². The van der Waals surface area contributed by atoms with Crippen LogP contribution in [0.4, 0.5) is 0 Å². The van der Waals surface area contributed by atoms with E-state index in [9.17, 15) is 8.42 Å². The van der Waals surface area contributed by atoms with E-state index in [2.05, 4.69) is 28.7 Å². The van der Waals surface area contributed by atoms with Crippen LogP contribution in [0.3, 0.4) is 0 Å². The van der Waals surface area contributed by atoms with Gasteiger partial charge in [-0.2, -0.15) is 0 Å². The van der Waals surface area contributed by atoms with E-state index in [1.807, 2.05) is 11.8 Å². The lowest BCUT2D eigenvalue weighted by Gasteiger charge is -2.35. The second-order valence-electron chi connectivity index (χ2n) is 6.56. The third-order valence-electron chi connectivity index (χ3n) is 5.04. The predicted octanol–water partition coefficient (Wildman–Crippen LogP) is 3.73. The molecule has 0 aromatic heterocycles. The van der Waals surface area contributed by atoms with Crippen LogP contribution in [0.1, 0.15) is 50.0 Å². The first-order valence-corrected chi connectivity index (χ1v) is 10.8. The van der Waals surface area contributed by atoms with E-state index in [1.54, 1.807) is 0 Å². The quantitative estimate of drug-likeness (QED) is 0.815. The Morgan fingerprint density at radius 1 is 1.17 bits per heavy atom. The zero-order valence-corrected chi connectivity index (χ0v) is 14.6. The number of sulfonamides is 1. The molecule has 1 saturated carbocycles. The van der Waals surface area contributed by atoms with Crippen molar-refractivity contribution < 1.29 is 13.2 Å². The molecule has 1 fully saturated rings. The summed E-state index contributed by atoms with van der Waals surface area (Å²) in [5.41, 5.74) is 1.30. The first-order chi connectivity index (χ1) is 11.1. The van der Waals surface area contributed by atoms with E-state index in [0.29, 0.717) is 24.7 Å². The fourth-order valence-corrected chi connectivity index (χ4v) is 6.64. The van der Waals surface area contributed by atoms with Gasteiger partial charge in [0.25, 0.3) is 10.0 Å².